The van der Waals surface area contributed by atoms with E-state index in [1.807, 2.05) is 26.3 Å². The minimum Gasteiger partial charge on any atom is -0.464 e. The maximum atomic E-state index is 8.74. The molecule has 0 aliphatic rings. The van der Waals surface area contributed by atoms with Gasteiger partial charge in [0.05, 0.1) is 5.60 Å². The molecule has 0 atom stereocenters. The van der Waals surface area contributed by atoms with E-state index < -0.39 is 0 Å². The molecular weight excluding hydrogens is 196 g/mol. The molecule has 0 bridgehead atoms. The van der Waals surface area contributed by atoms with Gasteiger partial charge in [-0.25, -0.2) is 10.5 Å². The van der Waals surface area contributed by atoms with E-state index in [-0.39, 0.29) is 18.2 Å². The molecule has 1 aromatic rings. The minimum atomic E-state index is -0.255. The van der Waals surface area contributed by atoms with E-state index in [2.05, 4.69) is 4.98 Å². The molecule has 0 unspecified atom stereocenters. The Morgan fingerprint density at radius 2 is 2.20 bits per heavy atom. The van der Waals surface area contributed by atoms with Crippen LogP contribution in [0.4, 0.5) is 5.82 Å². The average molecular weight is 212 g/mol. The molecule has 1 rings (SSSR count). The first kappa shape index (κ1) is 11.7. The van der Waals surface area contributed by atoms with Crippen molar-refractivity contribution in [1.29, 1.82) is 0 Å². The molecule has 0 aromatic carbocycles. The van der Waals surface area contributed by atoms with E-state index in [0.717, 1.165) is 0 Å². The second-order valence-corrected chi connectivity index (χ2v) is 3.98. The van der Waals surface area contributed by atoms with Gasteiger partial charge in [-0.2, -0.15) is 0 Å². The van der Waals surface area contributed by atoms with Crippen LogP contribution in [-0.2, 0) is 4.74 Å². The zero-order chi connectivity index (χ0) is 11.3. The summed E-state index contributed by atoms with van der Waals surface area (Å²) < 4.78 is 10.7. The van der Waals surface area contributed by atoms with E-state index in [0.29, 0.717) is 5.75 Å². The van der Waals surface area contributed by atoms with Crippen LogP contribution in [-0.4, -0.2) is 22.6 Å². The number of nitrogens with one attached hydrogen (secondary N) is 1. The summed E-state index contributed by atoms with van der Waals surface area (Å²) in [6.45, 7) is 5.92. The Balaban J connectivity index is 2.50. The van der Waals surface area contributed by atoms with Gasteiger partial charge in [-0.1, -0.05) is 0 Å². The monoisotopic (exact) mass is 212 g/mol. The van der Waals surface area contributed by atoms with E-state index in [9.17, 15) is 0 Å². The van der Waals surface area contributed by atoms with Crippen LogP contribution in [0.2, 0.25) is 0 Å². The summed E-state index contributed by atoms with van der Waals surface area (Å²) in [6, 6.07) is 3.41. The zero-order valence-corrected chi connectivity index (χ0v) is 9.15. The van der Waals surface area contributed by atoms with E-state index >= 15 is 0 Å². The van der Waals surface area contributed by atoms with Crippen LogP contribution in [0.3, 0.4) is 0 Å². The Kier molecular flexibility index (Phi) is 3.88. The van der Waals surface area contributed by atoms with Gasteiger partial charge < -0.3 is 9.47 Å². The van der Waals surface area contributed by atoms with Gasteiger partial charge in [-0.3, -0.25) is 5.21 Å². The fraction of sp³-hybridized carbons (Fsp3) is 0.500. The number of hydrogen-bond acceptors (Lipinski definition) is 5. The first-order chi connectivity index (χ1) is 7.03. The number of anilines is 1. The molecule has 2 N–H and O–H groups in total. The summed E-state index contributed by atoms with van der Waals surface area (Å²) >= 11 is 0. The topological polar surface area (TPSA) is 63.6 Å². The predicted octanol–water partition coefficient (Wildman–Crippen LogP) is 2.03. The van der Waals surface area contributed by atoms with Gasteiger partial charge in [0.2, 0.25) is 0 Å². The molecule has 0 radical (unpaired) electrons. The number of ether oxygens (including phenoxy) is 2. The standard InChI is InChI=1S/C10H16N2O3/c1-10(2,3)15-7-14-8-5-4-6-11-9(8)12-13/h4-6,13H,7H2,1-3H3,(H,11,12). The van der Waals surface area contributed by atoms with Crippen LogP contribution in [0.15, 0.2) is 18.3 Å². The summed E-state index contributed by atoms with van der Waals surface area (Å²) in [7, 11) is 0. The van der Waals surface area contributed by atoms with Crippen molar-refractivity contribution in [1.82, 2.24) is 4.98 Å². The Labute approximate surface area is 89.0 Å². The molecule has 0 amide bonds. The number of rotatable bonds is 4. The van der Waals surface area contributed by atoms with Gasteiger partial charge in [0.25, 0.3) is 0 Å². The van der Waals surface area contributed by atoms with Crippen LogP contribution in [0.5, 0.6) is 5.75 Å². The van der Waals surface area contributed by atoms with Crippen molar-refractivity contribution < 1.29 is 14.7 Å². The third-order valence-electron chi connectivity index (χ3n) is 1.58. The number of nitrogens with zero attached hydrogens (tertiary/aromatic N) is 1. The summed E-state index contributed by atoms with van der Waals surface area (Å²) in [5.41, 5.74) is 1.70. The van der Waals surface area contributed by atoms with Crippen molar-refractivity contribution in [2.24, 2.45) is 0 Å². The Morgan fingerprint density at radius 3 is 2.80 bits per heavy atom. The number of aromatic nitrogens is 1. The Morgan fingerprint density at radius 1 is 1.47 bits per heavy atom. The average Bonchev–Trinajstić information content (AvgIpc) is 2.16. The first-order valence-electron chi connectivity index (χ1n) is 4.65. The van der Waals surface area contributed by atoms with Gasteiger partial charge >= 0.3 is 0 Å². The summed E-state index contributed by atoms with van der Waals surface area (Å²) in [6.07, 6.45) is 1.55. The second-order valence-electron chi connectivity index (χ2n) is 3.98. The minimum absolute atomic E-state index is 0.115. The fourth-order valence-corrected chi connectivity index (χ4v) is 0.861. The number of hydrogen-bond donors (Lipinski definition) is 2. The number of pyridine rings is 1. The van der Waals surface area contributed by atoms with E-state index in [1.54, 1.807) is 18.3 Å². The molecule has 5 nitrogen and oxygen atoms in total. The predicted molar refractivity (Wildman–Crippen MR) is 56.0 cm³/mol. The smallest absolute Gasteiger partial charge is 0.192 e. The molecule has 0 aliphatic carbocycles. The molecule has 0 aliphatic heterocycles. The highest BCUT2D eigenvalue weighted by atomic mass is 16.7. The quantitative estimate of drug-likeness (QED) is 0.590. The first-order valence-corrected chi connectivity index (χ1v) is 4.65. The molecule has 1 aromatic heterocycles. The van der Waals surface area contributed by atoms with E-state index in [4.69, 9.17) is 14.7 Å². The Bertz CT molecular complexity index is 310. The highest BCUT2D eigenvalue weighted by Gasteiger charge is 2.10. The molecule has 0 saturated heterocycles. The van der Waals surface area contributed by atoms with Crippen LogP contribution >= 0.6 is 0 Å². The normalized spacial score (nSPS) is 11.2. The van der Waals surface area contributed by atoms with Crippen molar-refractivity contribution in [2.45, 2.75) is 26.4 Å². The zero-order valence-electron chi connectivity index (χ0n) is 9.15. The molecule has 5 heteroatoms. The SMILES string of the molecule is CC(C)(C)OCOc1cccnc1NO. The van der Waals surface area contributed by atoms with E-state index in [1.165, 1.54) is 0 Å². The highest BCUT2D eigenvalue weighted by Crippen LogP contribution is 2.20. The van der Waals surface area contributed by atoms with Crippen molar-refractivity contribution >= 4 is 5.82 Å². The fourth-order valence-electron chi connectivity index (χ4n) is 0.861. The van der Waals surface area contributed by atoms with Crippen molar-refractivity contribution in [2.75, 3.05) is 12.3 Å². The van der Waals surface area contributed by atoms with Crippen molar-refractivity contribution in [3.8, 4) is 5.75 Å². The van der Waals surface area contributed by atoms with Gasteiger partial charge in [-0.15, -0.1) is 0 Å². The third-order valence-corrected chi connectivity index (χ3v) is 1.58. The molecular formula is C10H16N2O3. The lowest BCUT2D eigenvalue weighted by Gasteiger charge is -2.19. The molecule has 1 heterocycles. The van der Waals surface area contributed by atoms with Crippen LogP contribution in [0.25, 0.3) is 0 Å². The van der Waals surface area contributed by atoms with Gasteiger partial charge in [0, 0.05) is 6.20 Å². The summed E-state index contributed by atoms with van der Waals surface area (Å²) in [5, 5.41) is 8.74. The second kappa shape index (κ2) is 4.95. The molecule has 0 fully saturated rings. The Hall–Kier alpha value is -1.33. The largest absolute Gasteiger partial charge is 0.464 e. The van der Waals surface area contributed by atoms with Gasteiger partial charge in [0.1, 0.15) is 0 Å². The third kappa shape index (κ3) is 4.14. The molecule has 15 heavy (non-hydrogen) atoms. The summed E-state index contributed by atoms with van der Waals surface area (Å²) in [4.78, 5) is 3.87. The van der Waals surface area contributed by atoms with Crippen LogP contribution in [0.1, 0.15) is 20.8 Å². The van der Waals surface area contributed by atoms with Crippen LogP contribution in [0, 0.1) is 0 Å². The van der Waals surface area contributed by atoms with Gasteiger partial charge in [0.15, 0.2) is 18.4 Å². The van der Waals surface area contributed by atoms with Gasteiger partial charge in [-0.05, 0) is 32.9 Å². The molecule has 0 saturated carbocycles. The summed E-state index contributed by atoms with van der Waals surface area (Å²) in [5.74, 6) is 0.722. The lowest BCUT2D eigenvalue weighted by atomic mass is 10.2. The lowest BCUT2D eigenvalue weighted by Crippen LogP contribution is -2.22. The van der Waals surface area contributed by atoms with Crippen LogP contribution < -0.4 is 10.2 Å². The lowest BCUT2D eigenvalue weighted by molar-refractivity contribution is -0.0757. The molecule has 84 valence electrons. The highest BCUT2D eigenvalue weighted by molar-refractivity contribution is 5.47. The maximum Gasteiger partial charge on any atom is 0.192 e. The van der Waals surface area contributed by atoms with Crippen molar-refractivity contribution in [3.05, 3.63) is 18.3 Å². The molecule has 0 spiro atoms. The maximum absolute atomic E-state index is 8.74. The van der Waals surface area contributed by atoms with Crippen molar-refractivity contribution in [3.63, 3.8) is 0 Å².